The molecule has 5 rings (SSSR count). The average molecular weight is 585 g/mol. The standard InChI is InChI=1S/C26H31F3N4O8/c1-32-11-14(39-13-6-8-30-9-7-13)10-15(12-32)40-18-4-2-16-20(21(18)41-25(38)26(27,28)29)24(37)33(23(16)36)17-3-5-19(34)31-22(17)35/h2,4,13-17,20,30H,3,5-12H2,1H3,(H,31,34,35)/t14-,15-,16?,17?,20?/m1/s1. The molecule has 41 heavy (non-hydrogen) atoms. The van der Waals surface area contributed by atoms with E-state index in [1.807, 2.05) is 11.9 Å². The van der Waals surface area contributed by atoms with Gasteiger partial charge in [-0.05, 0) is 45.5 Å². The second-order valence-electron chi connectivity index (χ2n) is 10.9. The fourth-order valence-electron chi connectivity index (χ4n) is 5.99. The van der Waals surface area contributed by atoms with Gasteiger partial charge in [-0.3, -0.25) is 29.4 Å². The van der Waals surface area contributed by atoms with Gasteiger partial charge in [0.15, 0.2) is 11.5 Å². The number of carbonyl (C=O) groups excluding carboxylic acids is 5. The first-order valence-electron chi connectivity index (χ1n) is 13.6. The second kappa shape index (κ2) is 11.5. The molecule has 0 saturated carbocycles. The Bertz CT molecular complexity index is 1180. The first kappa shape index (κ1) is 29.2. The van der Waals surface area contributed by atoms with Gasteiger partial charge in [0.05, 0.1) is 18.1 Å². The van der Waals surface area contributed by atoms with Gasteiger partial charge in [-0.15, -0.1) is 0 Å². The number of alkyl halides is 3. The second-order valence-corrected chi connectivity index (χ2v) is 10.9. The largest absolute Gasteiger partial charge is 0.491 e. The molecule has 4 heterocycles. The number of piperidine rings is 3. The third-order valence-corrected chi connectivity index (χ3v) is 7.84. The summed E-state index contributed by atoms with van der Waals surface area (Å²) in [4.78, 5) is 65.2. The lowest BCUT2D eigenvalue weighted by atomic mass is 9.88. The summed E-state index contributed by atoms with van der Waals surface area (Å²) >= 11 is 0. The monoisotopic (exact) mass is 584 g/mol. The van der Waals surface area contributed by atoms with Gasteiger partial charge in [-0.1, -0.05) is 6.08 Å². The molecule has 0 spiro atoms. The van der Waals surface area contributed by atoms with Crippen LogP contribution in [-0.4, -0.2) is 103 Å². The Kier molecular flexibility index (Phi) is 8.21. The third-order valence-electron chi connectivity index (χ3n) is 7.84. The molecule has 0 bridgehead atoms. The van der Waals surface area contributed by atoms with Crippen molar-refractivity contribution in [3.05, 3.63) is 23.7 Å². The molecular formula is C26H31F3N4O8. The Morgan fingerprint density at radius 2 is 1.71 bits per heavy atom. The Morgan fingerprint density at radius 1 is 1.00 bits per heavy atom. The number of carbonyl (C=O) groups is 5. The number of halogens is 3. The molecule has 0 aromatic rings. The predicted octanol–water partition coefficient (Wildman–Crippen LogP) is 0.138. The molecule has 0 aromatic carbocycles. The first-order chi connectivity index (χ1) is 19.4. The molecule has 4 saturated heterocycles. The number of amides is 4. The molecule has 4 fully saturated rings. The molecular weight excluding hydrogens is 553 g/mol. The van der Waals surface area contributed by atoms with E-state index in [1.54, 1.807) is 0 Å². The maximum atomic E-state index is 13.5. The van der Waals surface area contributed by atoms with Crippen LogP contribution in [0.1, 0.15) is 32.1 Å². The zero-order chi connectivity index (χ0) is 29.5. The molecule has 1 aliphatic carbocycles. The average Bonchev–Trinajstić information content (AvgIpc) is 3.15. The van der Waals surface area contributed by atoms with Crippen LogP contribution in [0.5, 0.6) is 0 Å². The van der Waals surface area contributed by atoms with E-state index < -0.39 is 65.5 Å². The van der Waals surface area contributed by atoms with Crippen LogP contribution in [0.15, 0.2) is 23.7 Å². The van der Waals surface area contributed by atoms with Crippen molar-refractivity contribution in [3.63, 3.8) is 0 Å². The molecule has 2 N–H and O–H groups in total. The number of imide groups is 2. The SMILES string of the molecule is CN1C[C@H](OC2=C(OC(=O)C(F)(F)F)C3C(=O)N(C4CCC(=O)NC4=O)C(=O)C3C=C2)C[C@@H](OC2CCNCC2)C1. The highest BCUT2D eigenvalue weighted by atomic mass is 19.4. The maximum absolute atomic E-state index is 13.5. The minimum atomic E-state index is -5.39. The number of nitrogens with zero attached hydrogens (tertiary/aromatic N) is 2. The zero-order valence-electron chi connectivity index (χ0n) is 22.3. The van der Waals surface area contributed by atoms with Gasteiger partial charge in [-0.2, -0.15) is 13.2 Å². The highest BCUT2D eigenvalue weighted by Crippen LogP contribution is 2.42. The molecule has 3 unspecified atom stereocenters. The van der Waals surface area contributed by atoms with Gasteiger partial charge in [0.2, 0.25) is 23.6 Å². The number of hydrogen-bond acceptors (Lipinski definition) is 10. The fourth-order valence-corrected chi connectivity index (χ4v) is 5.99. The number of esters is 1. The Balaban J connectivity index is 1.40. The molecule has 5 aliphatic rings. The molecule has 0 radical (unpaired) electrons. The van der Waals surface area contributed by atoms with E-state index in [9.17, 15) is 37.1 Å². The number of ether oxygens (including phenoxy) is 3. The number of likely N-dealkylation sites (N-methyl/N-ethyl adjacent to an activating group) is 1. The lowest BCUT2D eigenvalue weighted by Crippen LogP contribution is -2.54. The predicted molar refractivity (Wildman–Crippen MR) is 131 cm³/mol. The summed E-state index contributed by atoms with van der Waals surface area (Å²) in [7, 11) is 1.84. The summed E-state index contributed by atoms with van der Waals surface area (Å²) in [5.74, 6) is -9.87. The van der Waals surface area contributed by atoms with Crippen LogP contribution in [0, 0.1) is 11.8 Å². The summed E-state index contributed by atoms with van der Waals surface area (Å²) in [6, 6.07) is -1.32. The van der Waals surface area contributed by atoms with Crippen LogP contribution in [0.4, 0.5) is 13.2 Å². The van der Waals surface area contributed by atoms with E-state index in [4.69, 9.17) is 14.2 Å². The van der Waals surface area contributed by atoms with Crippen molar-refractivity contribution in [2.24, 2.45) is 11.8 Å². The van der Waals surface area contributed by atoms with Crippen LogP contribution in [0.3, 0.4) is 0 Å². The highest BCUT2D eigenvalue weighted by molar-refractivity contribution is 6.12. The number of likely N-dealkylation sites (tertiary alicyclic amines) is 2. The number of fused-ring (bicyclic) bond motifs is 1. The van der Waals surface area contributed by atoms with Gasteiger partial charge in [-0.25, -0.2) is 4.79 Å². The van der Waals surface area contributed by atoms with Crippen molar-refractivity contribution >= 4 is 29.6 Å². The lowest BCUT2D eigenvalue weighted by molar-refractivity contribution is -0.197. The summed E-state index contributed by atoms with van der Waals surface area (Å²) in [5.41, 5.74) is 0. The summed E-state index contributed by atoms with van der Waals surface area (Å²) < 4.78 is 56.8. The van der Waals surface area contributed by atoms with Crippen molar-refractivity contribution < 1.29 is 51.4 Å². The topological polar surface area (TPSA) is 144 Å². The van der Waals surface area contributed by atoms with E-state index in [1.165, 1.54) is 12.2 Å². The number of rotatable bonds is 6. The van der Waals surface area contributed by atoms with Gasteiger partial charge >= 0.3 is 12.1 Å². The van der Waals surface area contributed by atoms with E-state index in [-0.39, 0.29) is 30.8 Å². The molecule has 12 nitrogen and oxygen atoms in total. The Labute approximate surface area is 233 Å². The normalized spacial score (nSPS) is 31.8. The maximum Gasteiger partial charge on any atom is 0.491 e. The molecule has 0 aromatic heterocycles. The van der Waals surface area contributed by atoms with Crippen molar-refractivity contribution in [2.75, 3.05) is 33.2 Å². The fraction of sp³-hybridized carbons (Fsp3) is 0.654. The molecule has 4 amide bonds. The number of hydrogen-bond donors (Lipinski definition) is 2. The summed E-state index contributed by atoms with van der Waals surface area (Å²) in [6.45, 7) is 2.67. The smallest absolute Gasteiger partial charge is 0.485 e. The van der Waals surface area contributed by atoms with E-state index in [0.29, 0.717) is 24.4 Å². The van der Waals surface area contributed by atoms with Crippen LogP contribution in [0.2, 0.25) is 0 Å². The molecule has 15 heteroatoms. The number of nitrogens with one attached hydrogen (secondary N) is 2. The van der Waals surface area contributed by atoms with Crippen molar-refractivity contribution in [1.29, 1.82) is 0 Å². The quantitative estimate of drug-likeness (QED) is 0.327. The Hall–Kier alpha value is -3.30. The van der Waals surface area contributed by atoms with Crippen LogP contribution < -0.4 is 10.6 Å². The van der Waals surface area contributed by atoms with Gasteiger partial charge < -0.3 is 24.4 Å². The van der Waals surface area contributed by atoms with Gasteiger partial charge in [0.25, 0.3) is 0 Å². The minimum absolute atomic E-state index is 0.0617. The van der Waals surface area contributed by atoms with Gasteiger partial charge in [0, 0.05) is 25.9 Å². The molecule has 224 valence electrons. The van der Waals surface area contributed by atoms with Crippen LogP contribution in [-0.2, 0) is 38.2 Å². The van der Waals surface area contributed by atoms with E-state index >= 15 is 0 Å². The zero-order valence-corrected chi connectivity index (χ0v) is 22.3. The minimum Gasteiger partial charge on any atom is -0.485 e. The third kappa shape index (κ3) is 6.16. The first-order valence-corrected chi connectivity index (χ1v) is 13.6. The molecule has 4 aliphatic heterocycles. The van der Waals surface area contributed by atoms with Crippen LogP contribution >= 0.6 is 0 Å². The lowest BCUT2D eigenvalue weighted by Gasteiger charge is -2.38. The highest BCUT2D eigenvalue weighted by Gasteiger charge is 2.57. The van der Waals surface area contributed by atoms with Crippen molar-refractivity contribution in [3.8, 4) is 0 Å². The Morgan fingerprint density at radius 3 is 2.39 bits per heavy atom. The van der Waals surface area contributed by atoms with Crippen LogP contribution in [0.25, 0.3) is 0 Å². The van der Waals surface area contributed by atoms with E-state index in [0.717, 1.165) is 25.9 Å². The summed E-state index contributed by atoms with van der Waals surface area (Å²) in [5, 5.41) is 5.33. The number of allylic oxidation sites excluding steroid dienone is 1. The van der Waals surface area contributed by atoms with Crippen molar-refractivity contribution in [2.45, 2.75) is 62.6 Å². The van der Waals surface area contributed by atoms with E-state index in [2.05, 4.69) is 10.6 Å². The molecule has 5 atom stereocenters. The van der Waals surface area contributed by atoms with Crippen molar-refractivity contribution in [1.82, 2.24) is 20.4 Å². The summed E-state index contributed by atoms with van der Waals surface area (Å²) in [6.07, 6.45) is -1.79. The van der Waals surface area contributed by atoms with Gasteiger partial charge in [0.1, 0.15) is 18.1 Å².